The van der Waals surface area contributed by atoms with Crippen molar-refractivity contribution in [2.75, 3.05) is 11.9 Å². The van der Waals surface area contributed by atoms with Crippen molar-refractivity contribution in [1.82, 2.24) is 15.6 Å². The number of rotatable bonds is 6. The van der Waals surface area contributed by atoms with Crippen molar-refractivity contribution >= 4 is 40.0 Å². The zero-order valence-corrected chi connectivity index (χ0v) is 17.9. The highest BCUT2D eigenvalue weighted by atomic mass is 35.5. The maximum atomic E-state index is 12.2. The van der Waals surface area contributed by atoms with E-state index in [1.54, 1.807) is 30.5 Å². The number of anilines is 1. The summed E-state index contributed by atoms with van der Waals surface area (Å²) in [4.78, 5) is 28.7. The first-order chi connectivity index (χ1) is 15.1. The standard InChI is InChI=1S/C24H25ClN4O2/c25-17-6-11-20-21(12-13-26-22(20)14-17)28-18-7-9-19(10-8-18)29-23(30)15-27-24(31)16-4-2-1-3-5-16/h1-6,11-14,18-19H,7-10,15H2,(H,26,28)(H,27,31)(H,29,30)/t18-,19+. The van der Waals surface area contributed by atoms with E-state index in [2.05, 4.69) is 20.9 Å². The summed E-state index contributed by atoms with van der Waals surface area (Å²) in [5.41, 5.74) is 2.47. The second-order valence-corrected chi connectivity index (χ2v) is 8.27. The third kappa shape index (κ3) is 5.52. The zero-order valence-electron chi connectivity index (χ0n) is 17.1. The van der Waals surface area contributed by atoms with Gasteiger partial charge in [-0.15, -0.1) is 0 Å². The number of carbonyl (C=O) groups excluding carboxylic acids is 2. The first kappa shape index (κ1) is 21.1. The second-order valence-electron chi connectivity index (χ2n) is 7.83. The van der Waals surface area contributed by atoms with Gasteiger partial charge in [0.25, 0.3) is 5.91 Å². The highest BCUT2D eigenvalue weighted by Gasteiger charge is 2.23. The molecule has 6 nitrogen and oxygen atoms in total. The summed E-state index contributed by atoms with van der Waals surface area (Å²) in [5, 5.41) is 11.1. The first-order valence-corrected chi connectivity index (χ1v) is 10.9. The molecule has 31 heavy (non-hydrogen) atoms. The van der Waals surface area contributed by atoms with Crippen LogP contribution in [0.5, 0.6) is 0 Å². The number of benzene rings is 2. The van der Waals surface area contributed by atoms with Crippen LogP contribution in [0.25, 0.3) is 10.9 Å². The number of hydrogen-bond donors (Lipinski definition) is 3. The largest absolute Gasteiger partial charge is 0.382 e. The van der Waals surface area contributed by atoms with Crippen LogP contribution in [0.4, 0.5) is 5.69 Å². The number of hydrogen-bond acceptors (Lipinski definition) is 4. The van der Waals surface area contributed by atoms with Gasteiger partial charge in [0.05, 0.1) is 12.1 Å². The van der Waals surface area contributed by atoms with Crippen molar-refractivity contribution < 1.29 is 9.59 Å². The van der Waals surface area contributed by atoms with E-state index >= 15 is 0 Å². The Morgan fingerprint density at radius 3 is 2.48 bits per heavy atom. The Balaban J connectivity index is 1.24. The monoisotopic (exact) mass is 436 g/mol. The molecule has 1 heterocycles. The summed E-state index contributed by atoms with van der Waals surface area (Å²) in [5.74, 6) is -0.396. The van der Waals surface area contributed by atoms with Gasteiger partial charge in [-0.05, 0) is 62.1 Å². The van der Waals surface area contributed by atoms with Crippen LogP contribution in [0.3, 0.4) is 0 Å². The van der Waals surface area contributed by atoms with Gasteiger partial charge >= 0.3 is 0 Å². The number of nitrogens with zero attached hydrogens (tertiary/aromatic N) is 1. The van der Waals surface area contributed by atoms with E-state index in [1.807, 2.05) is 30.3 Å². The molecular formula is C24H25ClN4O2. The summed E-state index contributed by atoms with van der Waals surface area (Å²) >= 11 is 6.07. The van der Waals surface area contributed by atoms with E-state index in [1.165, 1.54) is 0 Å². The fourth-order valence-corrected chi connectivity index (χ4v) is 4.15. The van der Waals surface area contributed by atoms with Crippen molar-refractivity contribution in [2.45, 2.75) is 37.8 Å². The van der Waals surface area contributed by atoms with Gasteiger partial charge in [0.1, 0.15) is 0 Å². The van der Waals surface area contributed by atoms with E-state index < -0.39 is 0 Å². The number of carbonyl (C=O) groups is 2. The fraction of sp³-hybridized carbons (Fsp3) is 0.292. The lowest BCUT2D eigenvalue weighted by atomic mass is 9.91. The molecule has 0 spiro atoms. The van der Waals surface area contributed by atoms with Crippen LogP contribution in [0.2, 0.25) is 5.02 Å². The van der Waals surface area contributed by atoms with Crippen molar-refractivity contribution in [2.24, 2.45) is 0 Å². The molecule has 0 aliphatic heterocycles. The zero-order chi connectivity index (χ0) is 21.6. The van der Waals surface area contributed by atoms with E-state index in [0.717, 1.165) is 42.3 Å². The summed E-state index contributed by atoms with van der Waals surface area (Å²) < 4.78 is 0. The summed E-state index contributed by atoms with van der Waals surface area (Å²) in [6, 6.07) is 17.1. The van der Waals surface area contributed by atoms with Gasteiger partial charge in [0.2, 0.25) is 5.91 Å². The number of fused-ring (bicyclic) bond motifs is 1. The number of aromatic nitrogens is 1. The Morgan fingerprint density at radius 1 is 0.968 bits per heavy atom. The summed E-state index contributed by atoms with van der Waals surface area (Å²) in [7, 11) is 0. The van der Waals surface area contributed by atoms with Gasteiger partial charge in [0, 0.05) is 39.9 Å². The second kappa shape index (κ2) is 9.79. The van der Waals surface area contributed by atoms with E-state index in [9.17, 15) is 9.59 Å². The van der Waals surface area contributed by atoms with Crippen LogP contribution in [0.15, 0.2) is 60.8 Å². The maximum Gasteiger partial charge on any atom is 0.251 e. The molecule has 1 aliphatic rings. The molecule has 1 aliphatic carbocycles. The number of halogens is 1. The Morgan fingerprint density at radius 2 is 1.71 bits per heavy atom. The topological polar surface area (TPSA) is 83.1 Å². The average Bonchev–Trinajstić information content (AvgIpc) is 2.79. The molecular weight excluding hydrogens is 412 g/mol. The highest BCUT2D eigenvalue weighted by Crippen LogP contribution is 2.28. The Labute approximate surface area is 186 Å². The maximum absolute atomic E-state index is 12.2. The molecule has 3 N–H and O–H groups in total. The summed E-state index contributed by atoms with van der Waals surface area (Å²) in [6.07, 6.45) is 5.49. The van der Waals surface area contributed by atoms with Gasteiger partial charge < -0.3 is 16.0 Å². The quantitative estimate of drug-likeness (QED) is 0.542. The average molecular weight is 437 g/mol. The van der Waals surface area contributed by atoms with Crippen LogP contribution in [0.1, 0.15) is 36.0 Å². The van der Waals surface area contributed by atoms with Crippen LogP contribution < -0.4 is 16.0 Å². The predicted molar refractivity (Wildman–Crippen MR) is 123 cm³/mol. The van der Waals surface area contributed by atoms with E-state index in [4.69, 9.17) is 11.6 Å². The molecule has 160 valence electrons. The van der Waals surface area contributed by atoms with E-state index in [0.29, 0.717) is 16.6 Å². The van der Waals surface area contributed by atoms with Crippen LogP contribution in [-0.2, 0) is 4.79 Å². The van der Waals surface area contributed by atoms with Crippen LogP contribution >= 0.6 is 11.6 Å². The van der Waals surface area contributed by atoms with Crippen LogP contribution in [0, 0.1) is 0 Å². The molecule has 1 fully saturated rings. The molecule has 4 rings (SSSR count). The van der Waals surface area contributed by atoms with Gasteiger partial charge in [0.15, 0.2) is 0 Å². The molecule has 0 bridgehead atoms. The number of amides is 2. The molecule has 0 saturated heterocycles. The third-order valence-electron chi connectivity index (χ3n) is 5.60. The number of nitrogens with one attached hydrogen (secondary N) is 3. The van der Waals surface area contributed by atoms with Crippen molar-refractivity contribution in [3.05, 3.63) is 71.4 Å². The predicted octanol–water partition coefficient (Wildman–Crippen LogP) is 4.16. The first-order valence-electron chi connectivity index (χ1n) is 10.5. The van der Waals surface area contributed by atoms with E-state index in [-0.39, 0.29) is 24.4 Å². The minimum atomic E-state index is -0.241. The third-order valence-corrected chi connectivity index (χ3v) is 5.84. The van der Waals surface area contributed by atoms with Crippen molar-refractivity contribution in [3.63, 3.8) is 0 Å². The SMILES string of the molecule is O=C(CNC(=O)c1ccccc1)N[C@H]1CC[C@@H](Nc2ccnc3cc(Cl)ccc23)CC1. The normalized spacial score (nSPS) is 18.4. The lowest BCUT2D eigenvalue weighted by molar-refractivity contribution is -0.121. The molecule has 2 aromatic carbocycles. The minimum Gasteiger partial charge on any atom is -0.382 e. The Kier molecular flexibility index (Phi) is 6.67. The lowest BCUT2D eigenvalue weighted by Gasteiger charge is -2.30. The minimum absolute atomic E-state index is 0.0164. The van der Waals surface area contributed by atoms with Crippen molar-refractivity contribution in [1.29, 1.82) is 0 Å². The molecule has 7 heteroatoms. The summed E-state index contributed by atoms with van der Waals surface area (Å²) in [6.45, 7) is -0.0164. The van der Waals surface area contributed by atoms with Crippen molar-refractivity contribution in [3.8, 4) is 0 Å². The molecule has 2 amide bonds. The molecule has 0 radical (unpaired) electrons. The number of pyridine rings is 1. The lowest BCUT2D eigenvalue weighted by Crippen LogP contribution is -2.44. The highest BCUT2D eigenvalue weighted by molar-refractivity contribution is 6.31. The van der Waals surface area contributed by atoms with Gasteiger partial charge in [-0.3, -0.25) is 14.6 Å². The Hall–Kier alpha value is -3.12. The van der Waals surface area contributed by atoms with Gasteiger partial charge in [-0.1, -0.05) is 29.8 Å². The molecule has 1 aromatic heterocycles. The van der Waals surface area contributed by atoms with Gasteiger partial charge in [-0.25, -0.2) is 0 Å². The molecule has 3 aromatic rings. The smallest absolute Gasteiger partial charge is 0.251 e. The molecule has 0 unspecified atom stereocenters. The van der Waals surface area contributed by atoms with Crippen LogP contribution in [-0.4, -0.2) is 35.4 Å². The molecule has 1 saturated carbocycles. The van der Waals surface area contributed by atoms with Gasteiger partial charge in [-0.2, -0.15) is 0 Å². The Bertz CT molecular complexity index is 1070. The molecule has 0 atom stereocenters. The fourth-order valence-electron chi connectivity index (χ4n) is 3.98.